The van der Waals surface area contributed by atoms with Crippen molar-refractivity contribution in [2.75, 3.05) is 4.72 Å². The van der Waals surface area contributed by atoms with E-state index < -0.39 is 10.0 Å². The first-order valence-electron chi connectivity index (χ1n) is 8.48. The molecule has 1 N–H and O–H groups in total. The second kappa shape index (κ2) is 6.79. The van der Waals surface area contributed by atoms with E-state index in [0.717, 1.165) is 31.9 Å². The highest BCUT2D eigenvalue weighted by Crippen LogP contribution is 2.31. The molecule has 0 aliphatic heterocycles. The van der Waals surface area contributed by atoms with Crippen LogP contribution >= 0.6 is 11.3 Å². The second-order valence-electron chi connectivity index (χ2n) is 6.49. The molecule has 0 saturated carbocycles. The summed E-state index contributed by atoms with van der Waals surface area (Å²) in [6.07, 6.45) is 0. The Morgan fingerprint density at radius 1 is 0.889 bits per heavy atom. The molecule has 4 nitrogen and oxygen atoms in total. The Morgan fingerprint density at radius 2 is 1.56 bits per heavy atom. The number of anilines is 1. The zero-order valence-corrected chi connectivity index (χ0v) is 16.6. The Morgan fingerprint density at radius 3 is 2.22 bits per heavy atom. The molecule has 6 heteroatoms. The molecule has 0 radical (unpaired) electrons. The molecule has 0 saturated heterocycles. The lowest BCUT2D eigenvalue weighted by Crippen LogP contribution is -2.13. The van der Waals surface area contributed by atoms with Crippen molar-refractivity contribution in [2.45, 2.75) is 18.7 Å². The van der Waals surface area contributed by atoms with Gasteiger partial charge in [-0.15, -0.1) is 11.3 Å². The van der Waals surface area contributed by atoms with Crippen LogP contribution in [0.15, 0.2) is 71.6 Å². The van der Waals surface area contributed by atoms with Crippen molar-refractivity contribution in [3.05, 3.63) is 77.9 Å². The van der Waals surface area contributed by atoms with E-state index in [1.165, 1.54) is 0 Å². The van der Waals surface area contributed by atoms with E-state index >= 15 is 0 Å². The number of fused-ring (bicyclic) bond motifs is 1. The number of para-hydroxylation sites is 1. The van der Waals surface area contributed by atoms with Gasteiger partial charge in [0, 0.05) is 11.3 Å². The maximum absolute atomic E-state index is 12.7. The van der Waals surface area contributed by atoms with E-state index in [0.29, 0.717) is 5.69 Å². The molecule has 0 aliphatic carbocycles. The monoisotopic (exact) mass is 394 g/mol. The largest absolute Gasteiger partial charge is 0.280 e. The number of hydrogen-bond acceptors (Lipinski definition) is 4. The van der Waals surface area contributed by atoms with Crippen molar-refractivity contribution in [1.82, 2.24) is 4.98 Å². The predicted molar refractivity (Wildman–Crippen MR) is 112 cm³/mol. The Hall–Kier alpha value is -2.70. The molecule has 4 aromatic rings. The average Bonchev–Trinajstić information content (AvgIpc) is 3.05. The van der Waals surface area contributed by atoms with E-state index in [4.69, 9.17) is 0 Å². The van der Waals surface area contributed by atoms with Crippen molar-refractivity contribution in [3.8, 4) is 10.6 Å². The highest BCUT2D eigenvalue weighted by Gasteiger charge is 2.15. The van der Waals surface area contributed by atoms with Gasteiger partial charge >= 0.3 is 0 Å². The summed E-state index contributed by atoms with van der Waals surface area (Å²) in [5.41, 5.74) is 4.30. The van der Waals surface area contributed by atoms with Crippen molar-refractivity contribution in [3.63, 3.8) is 0 Å². The molecule has 4 rings (SSSR count). The van der Waals surface area contributed by atoms with Gasteiger partial charge in [-0.3, -0.25) is 4.72 Å². The first kappa shape index (κ1) is 17.7. The third-order valence-electron chi connectivity index (χ3n) is 4.18. The molecule has 0 fully saturated rings. The molecule has 0 bridgehead atoms. The maximum atomic E-state index is 12.7. The lowest BCUT2D eigenvalue weighted by molar-refractivity contribution is 0.601. The van der Waals surface area contributed by atoms with Crippen LogP contribution in [0.3, 0.4) is 0 Å². The lowest BCUT2D eigenvalue weighted by atomic mass is 10.2. The van der Waals surface area contributed by atoms with Crippen molar-refractivity contribution in [1.29, 1.82) is 0 Å². The van der Waals surface area contributed by atoms with Crippen LogP contribution in [-0.4, -0.2) is 13.4 Å². The quantitative estimate of drug-likeness (QED) is 0.505. The molecule has 1 aromatic heterocycles. The van der Waals surface area contributed by atoms with Gasteiger partial charge in [0.25, 0.3) is 10.0 Å². The van der Waals surface area contributed by atoms with Crippen LogP contribution in [0.1, 0.15) is 11.1 Å². The Bertz CT molecular complexity index is 1170. The first-order chi connectivity index (χ1) is 12.9. The van der Waals surface area contributed by atoms with Crippen molar-refractivity contribution >= 4 is 37.3 Å². The van der Waals surface area contributed by atoms with Crippen molar-refractivity contribution < 1.29 is 8.42 Å². The predicted octanol–water partition coefficient (Wildman–Crippen LogP) is 5.38. The summed E-state index contributed by atoms with van der Waals surface area (Å²) < 4.78 is 29.1. The minimum Gasteiger partial charge on any atom is -0.280 e. The van der Waals surface area contributed by atoms with Gasteiger partial charge in [0.15, 0.2) is 0 Å². The average molecular weight is 395 g/mol. The molecule has 0 spiro atoms. The smallest absolute Gasteiger partial charge is 0.261 e. The van der Waals surface area contributed by atoms with Gasteiger partial charge in [0.2, 0.25) is 0 Å². The van der Waals surface area contributed by atoms with Gasteiger partial charge in [-0.2, -0.15) is 0 Å². The number of thiazole rings is 1. The molecule has 0 aliphatic rings. The standard InChI is InChI=1S/C21H18N2O2S2/c1-14-11-15(2)13-18(12-14)27(24,25)23-17-9-7-16(8-10-17)21-22-19-5-3-4-6-20(19)26-21/h3-13,23H,1-2H3. The molecular formula is C21H18N2O2S2. The van der Waals surface area contributed by atoms with Crippen LogP contribution in [-0.2, 0) is 10.0 Å². The molecule has 136 valence electrons. The minimum atomic E-state index is -3.62. The molecule has 27 heavy (non-hydrogen) atoms. The maximum Gasteiger partial charge on any atom is 0.261 e. The first-order valence-corrected chi connectivity index (χ1v) is 10.8. The number of nitrogens with zero attached hydrogens (tertiary/aromatic N) is 1. The SMILES string of the molecule is Cc1cc(C)cc(S(=O)(=O)Nc2ccc(-c3nc4ccccc4s3)cc2)c1. The molecule has 3 aromatic carbocycles. The number of sulfonamides is 1. The number of aromatic nitrogens is 1. The Balaban J connectivity index is 1.60. The van der Waals surface area contributed by atoms with Gasteiger partial charge in [-0.05, 0) is 73.5 Å². The Labute approximate surface area is 162 Å². The van der Waals surface area contributed by atoms with E-state index in [9.17, 15) is 8.42 Å². The summed E-state index contributed by atoms with van der Waals surface area (Å²) in [5, 5.41) is 0.917. The molecule has 1 heterocycles. The zero-order valence-electron chi connectivity index (χ0n) is 14.9. The topological polar surface area (TPSA) is 59.1 Å². The van der Waals surface area contributed by atoms with Gasteiger partial charge in [-0.1, -0.05) is 18.2 Å². The van der Waals surface area contributed by atoms with Crippen LogP contribution in [0.4, 0.5) is 5.69 Å². The third kappa shape index (κ3) is 3.72. The van der Waals surface area contributed by atoms with Gasteiger partial charge in [-0.25, -0.2) is 13.4 Å². The van der Waals surface area contributed by atoms with Crippen LogP contribution in [0, 0.1) is 13.8 Å². The number of hydrogen-bond donors (Lipinski definition) is 1. The van der Waals surface area contributed by atoms with Crippen LogP contribution < -0.4 is 4.72 Å². The summed E-state index contributed by atoms with van der Waals surface area (Å²) in [4.78, 5) is 4.91. The third-order valence-corrected chi connectivity index (χ3v) is 6.63. The fourth-order valence-corrected chi connectivity index (χ4v) is 5.20. The fourth-order valence-electron chi connectivity index (χ4n) is 2.98. The minimum absolute atomic E-state index is 0.273. The summed E-state index contributed by atoms with van der Waals surface area (Å²) in [5.74, 6) is 0. The summed E-state index contributed by atoms with van der Waals surface area (Å²) >= 11 is 1.62. The second-order valence-corrected chi connectivity index (χ2v) is 9.21. The van der Waals surface area contributed by atoms with Crippen LogP contribution in [0.2, 0.25) is 0 Å². The van der Waals surface area contributed by atoms with Gasteiger partial charge < -0.3 is 0 Å². The summed E-state index contributed by atoms with van der Waals surface area (Å²) in [6, 6.07) is 20.6. The molecule has 0 atom stereocenters. The molecular weight excluding hydrogens is 376 g/mol. The molecule has 0 unspecified atom stereocenters. The summed E-state index contributed by atoms with van der Waals surface area (Å²) in [7, 11) is -3.62. The number of nitrogens with one attached hydrogen (secondary N) is 1. The number of rotatable bonds is 4. The number of benzene rings is 3. The van der Waals surface area contributed by atoms with E-state index in [1.807, 2.05) is 56.3 Å². The van der Waals surface area contributed by atoms with Gasteiger partial charge in [0.05, 0.1) is 15.1 Å². The van der Waals surface area contributed by atoms with E-state index in [-0.39, 0.29) is 4.90 Å². The van der Waals surface area contributed by atoms with Gasteiger partial charge in [0.1, 0.15) is 5.01 Å². The lowest BCUT2D eigenvalue weighted by Gasteiger charge is -2.10. The Kier molecular flexibility index (Phi) is 4.45. The number of aryl methyl sites for hydroxylation is 2. The van der Waals surface area contributed by atoms with E-state index in [1.54, 1.807) is 35.6 Å². The highest BCUT2D eigenvalue weighted by molar-refractivity contribution is 7.92. The van der Waals surface area contributed by atoms with Crippen LogP contribution in [0.25, 0.3) is 20.8 Å². The molecule has 0 amide bonds. The van der Waals surface area contributed by atoms with Crippen LogP contribution in [0.5, 0.6) is 0 Å². The summed E-state index contributed by atoms with van der Waals surface area (Å²) in [6.45, 7) is 3.78. The van der Waals surface area contributed by atoms with Crippen molar-refractivity contribution in [2.24, 2.45) is 0 Å². The van der Waals surface area contributed by atoms with E-state index in [2.05, 4.69) is 9.71 Å². The zero-order chi connectivity index (χ0) is 19.0. The normalized spacial score (nSPS) is 11.6. The fraction of sp³-hybridized carbons (Fsp3) is 0.0952. The highest BCUT2D eigenvalue weighted by atomic mass is 32.2.